The minimum Gasteiger partial charge on any atom is -0.475 e. The lowest BCUT2D eigenvalue weighted by molar-refractivity contribution is 0.0657. The zero-order valence-corrected chi connectivity index (χ0v) is 11.4. The number of aryl methyl sites for hydroxylation is 1. The van der Waals surface area contributed by atoms with Crippen molar-refractivity contribution >= 4 is 5.97 Å². The third-order valence-electron chi connectivity index (χ3n) is 2.95. The van der Waals surface area contributed by atoms with Crippen LogP contribution in [0.1, 0.15) is 27.4 Å². The molecule has 0 unspecified atom stereocenters. The molecule has 1 N–H and O–H groups in total. The molecule has 1 aromatic heterocycles. The summed E-state index contributed by atoms with van der Waals surface area (Å²) in [5.41, 5.74) is 1.60. The van der Waals surface area contributed by atoms with Gasteiger partial charge in [0.05, 0.1) is 6.54 Å². The number of carbonyl (C=O) groups is 1. The first-order chi connectivity index (χ1) is 9.45. The Morgan fingerprint density at radius 3 is 2.50 bits per heavy atom. The van der Waals surface area contributed by atoms with Crippen molar-refractivity contribution < 1.29 is 18.7 Å². The minimum atomic E-state index is -1.06. The Morgan fingerprint density at radius 1 is 1.30 bits per heavy atom. The molecule has 0 aliphatic heterocycles. The molecule has 106 valence electrons. The number of hydrogen-bond acceptors (Lipinski definition) is 3. The predicted octanol–water partition coefficient (Wildman–Crippen LogP) is 3.06. The molecular weight excluding hydrogens is 261 g/mol. The van der Waals surface area contributed by atoms with Gasteiger partial charge in [0.15, 0.2) is 0 Å². The number of carboxylic acid groups (broad SMARTS) is 1. The molecule has 5 heteroatoms. The summed E-state index contributed by atoms with van der Waals surface area (Å²) < 4.78 is 18.1. The van der Waals surface area contributed by atoms with E-state index in [1.807, 2.05) is 11.9 Å². The fraction of sp³-hybridized carbons (Fsp3) is 0.267. The van der Waals surface area contributed by atoms with E-state index >= 15 is 0 Å². The molecule has 4 nitrogen and oxygen atoms in total. The van der Waals surface area contributed by atoms with E-state index in [0.29, 0.717) is 24.4 Å². The predicted molar refractivity (Wildman–Crippen MR) is 72.0 cm³/mol. The van der Waals surface area contributed by atoms with E-state index in [9.17, 15) is 9.18 Å². The highest BCUT2D eigenvalue weighted by Gasteiger charge is 2.15. The van der Waals surface area contributed by atoms with Gasteiger partial charge in [-0.15, -0.1) is 0 Å². The number of hydrogen-bond donors (Lipinski definition) is 1. The number of rotatable bonds is 5. The summed E-state index contributed by atoms with van der Waals surface area (Å²) in [7, 11) is 1.89. The highest BCUT2D eigenvalue weighted by Crippen LogP contribution is 2.17. The highest BCUT2D eigenvalue weighted by atomic mass is 19.1. The number of carboxylic acids is 1. The molecule has 0 saturated heterocycles. The molecule has 0 saturated carbocycles. The molecule has 0 aliphatic rings. The average molecular weight is 277 g/mol. The number of benzene rings is 1. The molecule has 0 amide bonds. The van der Waals surface area contributed by atoms with Gasteiger partial charge in [0, 0.05) is 12.1 Å². The van der Waals surface area contributed by atoms with Crippen molar-refractivity contribution in [3.63, 3.8) is 0 Å². The Labute approximate surface area is 116 Å². The summed E-state index contributed by atoms with van der Waals surface area (Å²) in [4.78, 5) is 12.9. The van der Waals surface area contributed by atoms with Crippen LogP contribution in [0.4, 0.5) is 4.39 Å². The summed E-state index contributed by atoms with van der Waals surface area (Å²) in [5, 5.41) is 8.93. The van der Waals surface area contributed by atoms with E-state index in [0.717, 1.165) is 5.56 Å². The molecule has 1 aromatic carbocycles. The van der Waals surface area contributed by atoms with Gasteiger partial charge >= 0.3 is 5.97 Å². The fourth-order valence-corrected chi connectivity index (χ4v) is 2.06. The van der Waals surface area contributed by atoms with Crippen LogP contribution >= 0.6 is 0 Å². The monoisotopic (exact) mass is 277 g/mol. The summed E-state index contributed by atoms with van der Waals surface area (Å²) in [6.07, 6.45) is 0. The maximum Gasteiger partial charge on any atom is 0.372 e. The van der Waals surface area contributed by atoms with Gasteiger partial charge < -0.3 is 9.52 Å². The van der Waals surface area contributed by atoms with Gasteiger partial charge in [0.25, 0.3) is 0 Å². The van der Waals surface area contributed by atoms with Gasteiger partial charge in [0.1, 0.15) is 11.6 Å². The van der Waals surface area contributed by atoms with Crippen molar-refractivity contribution in [3.05, 3.63) is 58.8 Å². The summed E-state index contributed by atoms with van der Waals surface area (Å²) in [6.45, 7) is 2.82. The second kappa shape index (κ2) is 5.88. The van der Waals surface area contributed by atoms with Gasteiger partial charge in [-0.1, -0.05) is 12.1 Å². The number of furan rings is 1. The van der Waals surface area contributed by atoms with Crippen LogP contribution in [0.5, 0.6) is 0 Å². The first-order valence-corrected chi connectivity index (χ1v) is 6.21. The Hall–Kier alpha value is -2.14. The Balaban J connectivity index is 2.00. The van der Waals surface area contributed by atoms with E-state index in [1.165, 1.54) is 12.1 Å². The van der Waals surface area contributed by atoms with Gasteiger partial charge in [-0.05, 0) is 37.7 Å². The Bertz CT molecular complexity index is 604. The zero-order valence-electron chi connectivity index (χ0n) is 11.4. The maximum absolute atomic E-state index is 12.8. The van der Waals surface area contributed by atoms with Crippen LogP contribution in [0.2, 0.25) is 0 Å². The number of nitrogens with zero attached hydrogens (tertiary/aromatic N) is 1. The SMILES string of the molecule is Cc1cc(CN(C)Cc2ccc(F)cc2)oc1C(=O)O. The van der Waals surface area contributed by atoms with E-state index in [4.69, 9.17) is 9.52 Å². The average Bonchev–Trinajstić information content (AvgIpc) is 2.73. The van der Waals surface area contributed by atoms with Crippen molar-refractivity contribution in [2.75, 3.05) is 7.05 Å². The molecular formula is C15H16FNO3. The highest BCUT2D eigenvalue weighted by molar-refractivity contribution is 5.86. The van der Waals surface area contributed by atoms with Gasteiger partial charge in [0.2, 0.25) is 5.76 Å². The maximum atomic E-state index is 12.8. The van der Waals surface area contributed by atoms with Crippen LogP contribution in [0.3, 0.4) is 0 Å². The van der Waals surface area contributed by atoms with Crippen molar-refractivity contribution in [2.45, 2.75) is 20.0 Å². The topological polar surface area (TPSA) is 53.7 Å². The molecule has 0 spiro atoms. The van der Waals surface area contributed by atoms with Gasteiger partial charge in [-0.3, -0.25) is 4.90 Å². The lowest BCUT2D eigenvalue weighted by Gasteiger charge is -2.15. The Kier molecular flexibility index (Phi) is 4.20. The van der Waals surface area contributed by atoms with E-state index < -0.39 is 5.97 Å². The molecule has 20 heavy (non-hydrogen) atoms. The first kappa shape index (κ1) is 14.3. The first-order valence-electron chi connectivity index (χ1n) is 6.21. The van der Waals surface area contributed by atoms with Crippen LogP contribution in [0, 0.1) is 12.7 Å². The Morgan fingerprint density at radius 2 is 1.95 bits per heavy atom. The van der Waals surface area contributed by atoms with Gasteiger partial charge in [-0.25, -0.2) is 9.18 Å². The quantitative estimate of drug-likeness (QED) is 0.912. The molecule has 0 radical (unpaired) electrons. The standard InChI is InChI=1S/C15H16FNO3/c1-10-7-13(20-14(10)15(18)19)9-17(2)8-11-3-5-12(16)6-4-11/h3-7H,8-9H2,1-2H3,(H,18,19). The number of halogens is 1. The smallest absolute Gasteiger partial charge is 0.372 e. The van der Waals surface area contributed by atoms with E-state index in [2.05, 4.69) is 0 Å². The zero-order chi connectivity index (χ0) is 14.7. The molecule has 2 aromatic rings. The molecule has 0 fully saturated rings. The van der Waals surface area contributed by atoms with Crippen LogP contribution in [-0.2, 0) is 13.1 Å². The van der Waals surface area contributed by atoms with Crippen LogP contribution in [0.15, 0.2) is 34.7 Å². The lowest BCUT2D eigenvalue weighted by atomic mass is 10.2. The molecule has 2 rings (SSSR count). The minimum absolute atomic E-state index is 0.0183. The van der Waals surface area contributed by atoms with Crippen LogP contribution < -0.4 is 0 Å². The lowest BCUT2D eigenvalue weighted by Crippen LogP contribution is -2.16. The second-order valence-electron chi connectivity index (χ2n) is 4.83. The van der Waals surface area contributed by atoms with Crippen molar-refractivity contribution in [2.24, 2.45) is 0 Å². The van der Waals surface area contributed by atoms with Crippen molar-refractivity contribution in [3.8, 4) is 0 Å². The molecule has 0 atom stereocenters. The molecule has 0 aliphatic carbocycles. The van der Waals surface area contributed by atoms with E-state index in [1.54, 1.807) is 25.1 Å². The number of aromatic carboxylic acids is 1. The molecule has 1 heterocycles. The van der Waals surface area contributed by atoms with Crippen LogP contribution in [0.25, 0.3) is 0 Å². The van der Waals surface area contributed by atoms with Gasteiger partial charge in [-0.2, -0.15) is 0 Å². The van der Waals surface area contributed by atoms with Crippen molar-refractivity contribution in [1.29, 1.82) is 0 Å². The largest absolute Gasteiger partial charge is 0.475 e. The fourth-order valence-electron chi connectivity index (χ4n) is 2.06. The van der Waals surface area contributed by atoms with E-state index in [-0.39, 0.29) is 11.6 Å². The second-order valence-corrected chi connectivity index (χ2v) is 4.83. The third-order valence-corrected chi connectivity index (χ3v) is 2.95. The summed E-state index contributed by atoms with van der Waals surface area (Å²) in [6, 6.07) is 8.01. The summed E-state index contributed by atoms with van der Waals surface area (Å²) >= 11 is 0. The van der Waals surface area contributed by atoms with Crippen molar-refractivity contribution in [1.82, 2.24) is 4.90 Å². The van der Waals surface area contributed by atoms with Crippen LogP contribution in [-0.4, -0.2) is 23.0 Å². The third kappa shape index (κ3) is 3.45. The summed E-state index contributed by atoms with van der Waals surface area (Å²) in [5.74, 6) is -0.737. The molecule has 0 bridgehead atoms. The normalized spacial score (nSPS) is 11.0.